The van der Waals surface area contributed by atoms with Crippen molar-refractivity contribution < 1.29 is 32.6 Å². The lowest BCUT2D eigenvalue weighted by atomic mass is 10.1. The average molecular weight is 543 g/mol. The largest absolute Gasteiger partial charge is 0.573 e. The first-order chi connectivity index (χ1) is 16.9. The van der Waals surface area contributed by atoms with Crippen LogP contribution in [-0.4, -0.2) is 47.3 Å². The molecular weight excluding hydrogens is 520 g/mol. The lowest BCUT2D eigenvalue weighted by molar-refractivity contribution is -0.274. The maximum atomic E-state index is 12.6. The van der Waals surface area contributed by atoms with Crippen molar-refractivity contribution in [2.24, 2.45) is 0 Å². The number of aliphatic hydroxyl groups is 1. The molecular formula is C25H23Cl2F3N2O4. The number of carbonyl (C=O) groups is 2. The minimum absolute atomic E-state index is 0.0246. The van der Waals surface area contributed by atoms with Crippen LogP contribution >= 0.6 is 23.2 Å². The summed E-state index contributed by atoms with van der Waals surface area (Å²) in [6.07, 6.45) is -0.320. The van der Waals surface area contributed by atoms with Crippen molar-refractivity contribution in [2.45, 2.75) is 32.2 Å². The number of alkyl halides is 3. The van der Waals surface area contributed by atoms with E-state index in [-0.39, 0.29) is 30.5 Å². The predicted octanol–water partition coefficient (Wildman–Crippen LogP) is 5.70. The highest BCUT2D eigenvalue weighted by Crippen LogP contribution is 2.24. The summed E-state index contributed by atoms with van der Waals surface area (Å²) in [4.78, 5) is 26.3. The summed E-state index contributed by atoms with van der Waals surface area (Å²) in [6.45, 7) is 1.83. The molecule has 0 bridgehead atoms. The van der Waals surface area contributed by atoms with Crippen molar-refractivity contribution in [2.75, 3.05) is 13.1 Å². The molecule has 0 aliphatic carbocycles. The number of rotatable bonds is 9. The number of hydrogen-bond acceptors (Lipinski definition) is 4. The summed E-state index contributed by atoms with van der Waals surface area (Å²) in [5.74, 6) is -2.16. The van der Waals surface area contributed by atoms with E-state index < -0.39 is 23.9 Å². The van der Waals surface area contributed by atoms with E-state index in [9.17, 15) is 27.9 Å². The zero-order valence-electron chi connectivity index (χ0n) is 19.1. The first-order valence-electron chi connectivity index (χ1n) is 10.9. The molecule has 36 heavy (non-hydrogen) atoms. The van der Waals surface area contributed by atoms with Gasteiger partial charge in [0.1, 0.15) is 5.75 Å². The van der Waals surface area contributed by atoms with Crippen molar-refractivity contribution >= 4 is 41.1 Å². The number of nitrogens with zero attached hydrogens (tertiary/aromatic N) is 1. The van der Waals surface area contributed by atoms with Crippen LogP contribution in [0.25, 0.3) is 6.08 Å². The first kappa shape index (κ1) is 27.4. The molecule has 2 aromatic carbocycles. The Morgan fingerprint density at radius 2 is 1.89 bits per heavy atom. The minimum atomic E-state index is -4.77. The fourth-order valence-electron chi connectivity index (χ4n) is 3.50. The summed E-state index contributed by atoms with van der Waals surface area (Å²) < 4.78 is 40.5. The van der Waals surface area contributed by atoms with E-state index in [2.05, 4.69) is 10.1 Å². The number of aliphatic hydroxyl groups excluding tert-OH is 1. The van der Waals surface area contributed by atoms with Gasteiger partial charge in [0.05, 0.1) is 22.2 Å². The molecule has 1 aliphatic heterocycles. The van der Waals surface area contributed by atoms with Gasteiger partial charge in [-0.25, -0.2) is 0 Å². The van der Waals surface area contributed by atoms with Gasteiger partial charge in [0.15, 0.2) is 5.76 Å². The van der Waals surface area contributed by atoms with Crippen LogP contribution in [0.2, 0.25) is 10.0 Å². The smallest absolute Gasteiger partial charge is 0.503 e. The first-order valence-corrected chi connectivity index (χ1v) is 11.7. The van der Waals surface area contributed by atoms with Crippen LogP contribution in [0.5, 0.6) is 5.75 Å². The summed E-state index contributed by atoms with van der Waals surface area (Å²) in [7, 11) is 0. The molecule has 1 atom stereocenters. The molecule has 2 aromatic rings. The monoisotopic (exact) mass is 542 g/mol. The second-order valence-corrected chi connectivity index (χ2v) is 9.01. The van der Waals surface area contributed by atoms with Crippen molar-refractivity contribution in [3.63, 3.8) is 0 Å². The summed E-state index contributed by atoms with van der Waals surface area (Å²) in [6, 6.07) is 10.3. The molecule has 0 aromatic heterocycles. The van der Waals surface area contributed by atoms with Gasteiger partial charge >= 0.3 is 6.36 Å². The highest BCUT2D eigenvalue weighted by Gasteiger charge is 2.33. The van der Waals surface area contributed by atoms with E-state index in [4.69, 9.17) is 23.2 Å². The Hall–Kier alpha value is -3.17. The average Bonchev–Trinajstić information content (AvgIpc) is 3.09. The number of aryl methyl sites for hydroxylation is 1. The standard InChI is InChI=1S/C25H23Cl2F3N2O4/c1-15(4-5-17-8-11-20(26)21(27)13-17)31-23(34)19-14-32(24(35)22(19)33)12-2-3-16-6-9-18(10-7-16)36-25(28,29)30/h2-3,6-11,13,15,33H,4-5,12,14H2,1H3,(H,31,34)/b3-2+. The van der Waals surface area contributed by atoms with Crippen LogP contribution in [0.4, 0.5) is 13.2 Å². The third kappa shape index (κ3) is 7.66. The van der Waals surface area contributed by atoms with Gasteiger partial charge in [-0.3, -0.25) is 9.59 Å². The number of ether oxygens (including phenoxy) is 1. The van der Waals surface area contributed by atoms with Crippen LogP contribution in [0.15, 0.2) is 59.9 Å². The zero-order chi connectivity index (χ0) is 26.5. The fraction of sp³-hybridized carbons (Fsp3) is 0.280. The molecule has 1 heterocycles. The molecule has 11 heteroatoms. The lowest BCUT2D eigenvalue weighted by Crippen LogP contribution is -2.35. The number of hydrogen-bond donors (Lipinski definition) is 2. The molecule has 1 unspecified atom stereocenters. The highest BCUT2D eigenvalue weighted by molar-refractivity contribution is 6.42. The maximum Gasteiger partial charge on any atom is 0.573 e. The zero-order valence-corrected chi connectivity index (χ0v) is 20.6. The number of benzene rings is 2. The summed E-state index contributed by atoms with van der Waals surface area (Å²) in [5.41, 5.74) is 1.52. The van der Waals surface area contributed by atoms with Gasteiger partial charge in [-0.1, -0.05) is 53.6 Å². The third-order valence-corrected chi connectivity index (χ3v) is 6.12. The van der Waals surface area contributed by atoms with E-state index in [1.165, 1.54) is 29.2 Å². The molecule has 192 valence electrons. The van der Waals surface area contributed by atoms with Gasteiger partial charge in [0.2, 0.25) is 0 Å². The van der Waals surface area contributed by atoms with E-state index in [1.807, 2.05) is 13.0 Å². The molecule has 2 N–H and O–H groups in total. The van der Waals surface area contributed by atoms with Gasteiger partial charge in [-0.2, -0.15) is 0 Å². The quantitative estimate of drug-likeness (QED) is 0.426. The van der Waals surface area contributed by atoms with Gasteiger partial charge in [0.25, 0.3) is 11.8 Å². The number of carbonyl (C=O) groups excluding carboxylic acids is 2. The van der Waals surface area contributed by atoms with Crippen LogP contribution in [-0.2, 0) is 16.0 Å². The van der Waals surface area contributed by atoms with Crippen molar-refractivity contribution in [1.82, 2.24) is 10.2 Å². The van der Waals surface area contributed by atoms with Crippen LogP contribution in [0.3, 0.4) is 0 Å². The Kier molecular flexibility index (Phi) is 8.92. The molecule has 0 spiro atoms. The number of halogens is 5. The Balaban J connectivity index is 1.49. The topological polar surface area (TPSA) is 78.9 Å². The molecule has 6 nitrogen and oxygen atoms in total. The van der Waals surface area contributed by atoms with Crippen LogP contribution < -0.4 is 10.1 Å². The minimum Gasteiger partial charge on any atom is -0.503 e. The Morgan fingerprint density at radius 3 is 2.53 bits per heavy atom. The van der Waals surface area contributed by atoms with Gasteiger partial charge in [-0.05, 0) is 55.2 Å². The van der Waals surface area contributed by atoms with E-state index >= 15 is 0 Å². The molecule has 0 saturated carbocycles. The van der Waals surface area contributed by atoms with Crippen LogP contribution in [0, 0.1) is 0 Å². The molecule has 1 aliphatic rings. The van der Waals surface area contributed by atoms with E-state index in [0.29, 0.717) is 28.5 Å². The Labute approximate surface area is 215 Å². The van der Waals surface area contributed by atoms with Crippen molar-refractivity contribution in [3.8, 4) is 5.75 Å². The number of amides is 2. The second kappa shape index (κ2) is 11.7. The SMILES string of the molecule is CC(CCc1ccc(Cl)c(Cl)c1)NC(=O)C1=C(O)C(=O)N(C/C=C/c2ccc(OC(F)(F)F)cc2)C1. The summed E-state index contributed by atoms with van der Waals surface area (Å²) in [5, 5.41) is 13.9. The normalized spacial score (nSPS) is 15.1. The second-order valence-electron chi connectivity index (χ2n) is 8.19. The Morgan fingerprint density at radius 1 is 1.19 bits per heavy atom. The highest BCUT2D eigenvalue weighted by atomic mass is 35.5. The molecule has 0 radical (unpaired) electrons. The fourth-order valence-corrected chi connectivity index (χ4v) is 3.82. The number of nitrogens with one attached hydrogen (secondary N) is 1. The maximum absolute atomic E-state index is 12.6. The predicted molar refractivity (Wildman–Crippen MR) is 131 cm³/mol. The van der Waals surface area contributed by atoms with E-state index in [0.717, 1.165) is 5.56 Å². The molecule has 2 amide bonds. The van der Waals surface area contributed by atoms with Gasteiger partial charge in [-0.15, -0.1) is 13.2 Å². The Bertz CT molecular complexity index is 1180. The molecule has 0 fully saturated rings. The summed E-state index contributed by atoms with van der Waals surface area (Å²) >= 11 is 11.9. The van der Waals surface area contributed by atoms with E-state index in [1.54, 1.807) is 24.3 Å². The van der Waals surface area contributed by atoms with Crippen LogP contribution in [0.1, 0.15) is 24.5 Å². The van der Waals surface area contributed by atoms with Gasteiger partial charge < -0.3 is 20.1 Å². The van der Waals surface area contributed by atoms with Crippen molar-refractivity contribution in [1.29, 1.82) is 0 Å². The molecule has 3 rings (SSSR count). The van der Waals surface area contributed by atoms with Gasteiger partial charge in [0, 0.05) is 12.6 Å². The molecule has 0 saturated heterocycles. The third-order valence-electron chi connectivity index (χ3n) is 5.38. The lowest BCUT2D eigenvalue weighted by Gasteiger charge is -2.16. The van der Waals surface area contributed by atoms with Crippen molar-refractivity contribution in [3.05, 3.63) is 81.0 Å².